The second-order valence-electron chi connectivity index (χ2n) is 10.1. The van der Waals surface area contributed by atoms with E-state index in [-0.39, 0.29) is 5.75 Å². The first-order valence-electron chi connectivity index (χ1n) is 14.4. The van der Waals surface area contributed by atoms with Crippen LogP contribution < -0.4 is 9.47 Å². The fraction of sp³-hybridized carbons (Fsp3) is 0.581. The second kappa shape index (κ2) is 18.1. The van der Waals surface area contributed by atoms with E-state index in [2.05, 4.69) is 67.3 Å². The van der Waals surface area contributed by atoms with Gasteiger partial charge in [0.2, 0.25) is 0 Å². The summed E-state index contributed by atoms with van der Waals surface area (Å²) in [6.07, 6.45) is 22.6. The third-order valence-electron chi connectivity index (χ3n) is 6.78. The van der Waals surface area contributed by atoms with Gasteiger partial charge < -0.3 is 4.90 Å². The van der Waals surface area contributed by atoms with Crippen molar-refractivity contribution < 1.29 is 17.5 Å². The zero-order chi connectivity index (χ0) is 26.8. The number of nitrogens with zero attached hydrogens (tertiary/aromatic N) is 2. The summed E-state index contributed by atoms with van der Waals surface area (Å²) in [6.45, 7) is 7.56. The highest BCUT2D eigenvalue weighted by Gasteiger charge is 2.07. The van der Waals surface area contributed by atoms with E-state index >= 15 is 0 Å². The SMILES string of the molecule is CCCCCCCN(CCCCCCC)c1ccc(/C=C/c2cc[n+](CCCCS(=O)(=O)O)cc2)cc1. The van der Waals surface area contributed by atoms with E-state index in [0.717, 1.165) is 25.2 Å². The van der Waals surface area contributed by atoms with Gasteiger partial charge >= 0.3 is 0 Å². The minimum absolute atomic E-state index is 0.178. The summed E-state index contributed by atoms with van der Waals surface area (Å²) in [5.41, 5.74) is 3.65. The lowest BCUT2D eigenvalue weighted by atomic mass is 10.1. The number of anilines is 1. The van der Waals surface area contributed by atoms with Crippen LogP contribution in [0.4, 0.5) is 5.69 Å². The fourth-order valence-corrected chi connectivity index (χ4v) is 5.05. The van der Waals surface area contributed by atoms with Gasteiger partial charge in [0, 0.05) is 37.3 Å². The van der Waals surface area contributed by atoms with Crippen LogP contribution >= 0.6 is 0 Å². The Morgan fingerprint density at radius 3 is 1.73 bits per heavy atom. The first-order valence-corrected chi connectivity index (χ1v) is 16.0. The van der Waals surface area contributed by atoms with E-state index < -0.39 is 10.1 Å². The van der Waals surface area contributed by atoms with Crippen molar-refractivity contribution in [3.05, 3.63) is 59.9 Å². The normalized spacial score (nSPS) is 11.9. The molecule has 6 heteroatoms. The molecule has 0 unspecified atom stereocenters. The summed E-state index contributed by atoms with van der Waals surface area (Å²) in [4.78, 5) is 2.58. The Morgan fingerprint density at radius 1 is 0.703 bits per heavy atom. The van der Waals surface area contributed by atoms with Crippen molar-refractivity contribution in [1.82, 2.24) is 0 Å². The van der Waals surface area contributed by atoms with E-state index in [1.807, 2.05) is 17.0 Å². The smallest absolute Gasteiger partial charge is 0.264 e. The van der Waals surface area contributed by atoms with Crippen molar-refractivity contribution in [1.29, 1.82) is 0 Å². The van der Waals surface area contributed by atoms with Crippen molar-refractivity contribution in [2.24, 2.45) is 0 Å². The van der Waals surface area contributed by atoms with Crippen LogP contribution in [0.25, 0.3) is 12.2 Å². The number of unbranched alkanes of at least 4 members (excludes halogenated alkanes) is 9. The highest BCUT2D eigenvalue weighted by atomic mass is 32.2. The van der Waals surface area contributed by atoms with E-state index in [1.54, 1.807) is 0 Å². The van der Waals surface area contributed by atoms with Crippen LogP contribution in [0.15, 0.2) is 48.8 Å². The van der Waals surface area contributed by atoms with Gasteiger partial charge in [-0.2, -0.15) is 8.42 Å². The summed E-state index contributed by atoms with van der Waals surface area (Å²) in [7, 11) is -3.86. The molecule has 0 spiro atoms. The van der Waals surface area contributed by atoms with Gasteiger partial charge in [-0.1, -0.05) is 89.5 Å². The van der Waals surface area contributed by atoms with Crippen LogP contribution in [0.5, 0.6) is 0 Å². The minimum Gasteiger partial charge on any atom is -0.372 e. The molecule has 1 N–H and O–H groups in total. The Bertz CT molecular complexity index is 972. The number of pyridine rings is 1. The molecule has 0 amide bonds. The number of aryl methyl sites for hydroxylation is 1. The third-order valence-corrected chi connectivity index (χ3v) is 7.58. The molecule has 1 aromatic heterocycles. The lowest BCUT2D eigenvalue weighted by Gasteiger charge is -2.25. The van der Waals surface area contributed by atoms with Crippen molar-refractivity contribution in [2.75, 3.05) is 23.7 Å². The largest absolute Gasteiger partial charge is 0.372 e. The Labute approximate surface area is 226 Å². The summed E-state index contributed by atoms with van der Waals surface area (Å²) >= 11 is 0. The average molecular weight is 530 g/mol. The maximum atomic E-state index is 10.8. The van der Waals surface area contributed by atoms with Gasteiger partial charge in [0.25, 0.3) is 10.1 Å². The number of rotatable bonds is 20. The maximum Gasteiger partial charge on any atom is 0.264 e. The Morgan fingerprint density at radius 2 is 1.22 bits per heavy atom. The van der Waals surface area contributed by atoms with Crippen LogP contribution in [0.2, 0.25) is 0 Å². The summed E-state index contributed by atoms with van der Waals surface area (Å²) < 4.78 is 32.5. The van der Waals surface area contributed by atoms with Crippen molar-refractivity contribution in [3.63, 3.8) is 0 Å². The second-order valence-corrected chi connectivity index (χ2v) is 11.7. The van der Waals surface area contributed by atoms with Crippen molar-refractivity contribution in [2.45, 2.75) is 97.4 Å². The summed E-state index contributed by atoms with van der Waals surface area (Å²) in [5, 5.41) is 0. The predicted molar refractivity (Wildman–Crippen MR) is 157 cm³/mol. The van der Waals surface area contributed by atoms with E-state index in [1.165, 1.54) is 75.5 Å². The lowest BCUT2D eigenvalue weighted by Crippen LogP contribution is -2.32. The standard InChI is InChI=1S/C31H48N2O3S/c1-3-5-7-9-11-24-33(25-12-10-8-6-4-2)31-19-17-29(18-20-31)15-16-30-21-26-32(27-22-30)23-13-14-28-37(34,35)36/h15-22,26-27H,3-14,23-25,28H2,1-2H3/p+1. The minimum atomic E-state index is -3.86. The van der Waals surface area contributed by atoms with Gasteiger partial charge in [-0.05, 0) is 42.5 Å². The summed E-state index contributed by atoms with van der Waals surface area (Å²) in [6, 6.07) is 13.1. The number of hydrogen-bond acceptors (Lipinski definition) is 3. The molecule has 0 saturated carbocycles. The lowest BCUT2D eigenvalue weighted by molar-refractivity contribution is -0.697. The highest BCUT2D eigenvalue weighted by Crippen LogP contribution is 2.19. The zero-order valence-electron chi connectivity index (χ0n) is 23.2. The molecule has 0 aliphatic carbocycles. The molecule has 2 rings (SSSR count). The molecule has 2 aromatic rings. The van der Waals surface area contributed by atoms with E-state index in [4.69, 9.17) is 4.55 Å². The molecule has 0 atom stereocenters. The first-order chi connectivity index (χ1) is 17.9. The third kappa shape index (κ3) is 14.4. The number of aromatic nitrogens is 1. The van der Waals surface area contributed by atoms with Gasteiger partial charge in [-0.3, -0.25) is 4.55 Å². The molecular weight excluding hydrogens is 480 g/mol. The van der Waals surface area contributed by atoms with Gasteiger partial charge in [0.15, 0.2) is 12.4 Å². The molecule has 5 nitrogen and oxygen atoms in total. The molecule has 1 heterocycles. The van der Waals surface area contributed by atoms with Gasteiger partial charge in [-0.25, -0.2) is 4.57 Å². The molecule has 0 fully saturated rings. The summed E-state index contributed by atoms with van der Waals surface area (Å²) in [5.74, 6) is -0.178. The van der Waals surface area contributed by atoms with Crippen LogP contribution in [0.3, 0.4) is 0 Å². The molecule has 37 heavy (non-hydrogen) atoms. The van der Waals surface area contributed by atoms with Crippen molar-refractivity contribution >= 4 is 28.0 Å². The Kier molecular flexibility index (Phi) is 15.2. The maximum absolute atomic E-state index is 10.8. The molecule has 1 aromatic carbocycles. The zero-order valence-corrected chi connectivity index (χ0v) is 24.0. The molecular formula is C31H49N2O3S+. The van der Waals surface area contributed by atoms with Crippen molar-refractivity contribution in [3.8, 4) is 0 Å². The monoisotopic (exact) mass is 529 g/mol. The Hall–Kier alpha value is -2.18. The predicted octanol–water partition coefficient (Wildman–Crippen LogP) is 7.56. The molecule has 0 aliphatic heterocycles. The number of benzene rings is 1. The average Bonchev–Trinajstić information content (AvgIpc) is 2.89. The van der Waals surface area contributed by atoms with Crippen LogP contribution in [-0.2, 0) is 16.7 Å². The van der Waals surface area contributed by atoms with Crippen LogP contribution in [0, 0.1) is 0 Å². The van der Waals surface area contributed by atoms with Gasteiger partial charge in [0.05, 0.1) is 5.75 Å². The van der Waals surface area contributed by atoms with E-state index in [9.17, 15) is 8.42 Å². The molecule has 0 aliphatic rings. The van der Waals surface area contributed by atoms with E-state index in [0.29, 0.717) is 12.8 Å². The molecule has 0 radical (unpaired) electrons. The van der Waals surface area contributed by atoms with Crippen LogP contribution in [0.1, 0.15) is 102 Å². The topological polar surface area (TPSA) is 61.5 Å². The fourth-order valence-electron chi connectivity index (χ4n) is 4.48. The molecule has 0 bridgehead atoms. The number of hydrogen-bond donors (Lipinski definition) is 1. The van der Waals surface area contributed by atoms with Gasteiger partial charge in [0.1, 0.15) is 6.54 Å². The molecule has 0 saturated heterocycles. The molecule has 206 valence electrons. The first kappa shape index (κ1) is 31.0. The Balaban J connectivity index is 1.88. The van der Waals surface area contributed by atoms with Crippen LogP contribution in [-0.4, -0.2) is 31.8 Å². The quantitative estimate of drug-likeness (QED) is 0.109. The highest BCUT2D eigenvalue weighted by molar-refractivity contribution is 7.85. The van der Waals surface area contributed by atoms with Gasteiger partial charge in [-0.15, -0.1) is 0 Å².